The Balaban J connectivity index is 2.72. The van der Waals surface area contributed by atoms with Crippen molar-refractivity contribution in [3.63, 3.8) is 0 Å². The van der Waals surface area contributed by atoms with Crippen molar-refractivity contribution in [2.75, 3.05) is 13.2 Å². The maximum atomic E-state index is 11.8. The van der Waals surface area contributed by atoms with Crippen LogP contribution < -0.4 is 5.32 Å². The predicted molar refractivity (Wildman–Crippen MR) is 66.8 cm³/mol. The van der Waals surface area contributed by atoms with E-state index in [1.54, 1.807) is 13.8 Å². The highest BCUT2D eigenvalue weighted by Crippen LogP contribution is 2.16. The van der Waals surface area contributed by atoms with Crippen LogP contribution in [0.3, 0.4) is 0 Å². The van der Waals surface area contributed by atoms with Crippen LogP contribution in [0.15, 0.2) is 18.2 Å². The normalized spacial score (nSPS) is 9.79. The summed E-state index contributed by atoms with van der Waals surface area (Å²) in [5, 5.41) is 13.0. The van der Waals surface area contributed by atoms with Crippen LogP contribution >= 0.6 is 0 Å². The summed E-state index contributed by atoms with van der Waals surface area (Å²) < 4.78 is 4.67. The Labute approximate surface area is 109 Å². The zero-order valence-corrected chi connectivity index (χ0v) is 10.6. The second-order valence-corrected chi connectivity index (χ2v) is 3.74. The number of amides is 1. The van der Waals surface area contributed by atoms with Gasteiger partial charge in [0.1, 0.15) is 6.54 Å². The number of hydrogen-bond acceptors (Lipinski definition) is 5. The van der Waals surface area contributed by atoms with Gasteiger partial charge >= 0.3 is 5.97 Å². The number of benzene rings is 1. The lowest BCUT2D eigenvalue weighted by Crippen LogP contribution is -2.31. The van der Waals surface area contributed by atoms with E-state index in [1.807, 2.05) is 0 Å². The minimum atomic E-state index is -0.534. The first-order valence-corrected chi connectivity index (χ1v) is 5.64. The van der Waals surface area contributed by atoms with Gasteiger partial charge in [0.15, 0.2) is 0 Å². The largest absolute Gasteiger partial charge is 0.465 e. The number of carbonyl (C=O) groups excluding carboxylic acids is 2. The molecule has 0 fully saturated rings. The molecule has 1 N–H and O–H groups in total. The molecule has 1 amide bonds. The van der Waals surface area contributed by atoms with Crippen LogP contribution in [-0.4, -0.2) is 30.0 Å². The van der Waals surface area contributed by atoms with Gasteiger partial charge in [-0.05, 0) is 25.5 Å². The van der Waals surface area contributed by atoms with Crippen molar-refractivity contribution < 1.29 is 19.2 Å². The van der Waals surface area contributed by atoms with Crippen LogP contribution in [0.1, 0.15) is 22.8 Å². The van der Waals surface area contributed by atoms with E-state index in [-0.39, 0.29) is 24.4 Å². The molecule has 0 aliphatic carbocycles. The highest BCUT2D eigenvalue weighted by Gasteiger charge is 2.14. The predicted octanol–water partition coefficient (Wildman–Crippen LogP) is 1.20. The Bertz CT molecular complexity index is 513. The molecule has 102 valence electrons. The van der Waals surface area contributed by atoms with Crippen molar-refractivity contribution in [2.24, 2.45) is 0 Å². The van der Waals surface area contributed by atoms with Crippen molar-refractivity contribution in [2.45, 2.75) is 13.8 Å². The van der Waals surface area contributed by atoms with E-state index in [2.05, 4.69) is 10.1 Å². The Morgan fingerprint density at radius 3 is 2.63 bits per heavy atom. The summed E-state index contributed by atoms with van der Waals surface area (Å²) in [5.74, 6) is -1.00. The molecule has 0 unspecified atom stereocenters. The minimum absolute atomic E-state index is 0.0838. The summed E-state index contributed by atoms with van der Waals surface area (Å²) in [6.45, 7) is 3.26. The molecule has 1 aromatic carbocycles. The fraction of sp³-hybridized carbons (Fsp3) is 0.333. The molecule has 0 radical (unpaired) electrons. The van der Waals surface area contributed by atoms with Gasteiger partial charge in [-0.2, -0.15) is 0 Å². The van der Waals surface area contributed by atoms with Crippen molar-refractivity contribution in [1.82, 2.24) is 5.32 Å². The molecule has 0 bridgehead atoms. The van der Waals surface area contributed by atoms with Gasteiger partial charge in [0.2, 0.25) is 0 Å². The lowest BCUT2D eigenvalue weighted by atomic mass is 10.1. The highest BCUT2D eigenvalue weighted by atomic mass is 16.6. The smallest absolute Gasteiger partial charge is 0.325 e. The highest BCUT2D eigenvalue weighted by molar-refractivity contribution is 5.97. The molecule has 0 aliphatic heterocycles. The van der Waals surface area contributed by atoms with E-state index in [0.717, 1.165) is 0 Å². The maximum absolute atomic E-state index is 11.8. The molecule has 1 rings (SSSR count). The SMILES string of the molecule is CCOC(=O)CNC(=O)c1ccc([N+](=O)[O-])cc1C. The van der Waals surface area contributed by atoms with Gasteiger partial charge in [-0.25, -0.2) is 0 Å². The van der Waals surface area contributed by atoms with Crippen LogP contribution in [0.2, 0.25) is 0 Å². The molecule has 0 atom stereocenters. The molecule has 0 spiro atoms. The first kappa shape index (κ1) is 14.6. The Morgan fingerprint density at radius 1 is 1.42 bits per heavy atom. The summed E-state index contributed by atoms with van der Waals surface area (Å²) in [7, 11) is 0. The number of aryl methyl sites for hydroxylation is 1. The lowest BCUT2D eigenvalue weighted by Gasteiger charge is -2.07. The molecule has 0 heterocycles. The zero-order chi connectivity index (χ0) is 14.4. The average molecular weight is 266 g/mol. The molecule has 0 aliphatic rings. The molecular weight excluding hydrogens is 252 g/mol. The van der Waals surface area contributed by atoms with Gasteiger partial charge in [0.05, 0.1) is 11.5 Å². The first-order chi connectivity index (χ1) is 8.95. The van der Waals surface area contributed by atoms with Crippen LogP contribution in [0.25, 0.3) is 0 Å². The van der Waals surface area contributed by atoms with Gasteiger partial charge in [-0.15, -0.1) is 0 Å². The Kier molecular flexibility index (Phi) is 4.99. The third kappa shape index (κ3) is 4.06. The monoisotopic (exact) mass is 266 g/mol. The van der Waals surface area contributed by atoms with Gasteiger partial charge in [0, 0.05) is 17.7 Å². The number of nitrogens with zero attached hydrogens (tertiary/aromatic N) is 1. The van der Waals surface area contributed by atoms with Crippen LogP contribution in [-0.2, 0) is 9.53 Å². The van der Waals surface area contributed by atoms with Crippen molar-refractivity contribution in [3.8, 4) is 0 Å². The lowest BCUT2D eigenvalue weighted by molar-refractivity contribution is -0.384. The number of rotatable bonds is 5. The number of nitro benzene ring substituents is 1. The molecule has 0 saturated carbocycles. The first-order valence-electron chi connectivity index (χ1n) is 5.64. The number of nitro groups is 1. The van der Waals surface area contributed by atoms with Gasteiger partial charge in [0.25, 0.3) is 11.6 Å². The van der Waals surface area contributed by atoms with Crippen molar-refractivity contribution >= 4 is 17.6 Å². The number of esters is 1. The van der Waals surface area contributed by atoms with E-state index in [4.69, 9.17) is 0 Å². The molecule has 1 aromatic rings. The van der Waals surface area contributed by atoms with E-state index in [1.165, 1.54) is 18.2 Å². The second-order valence-electron chi connectivity index (χ2n) is 3.74. The van der Waals surface area contributed by atoms with Crippen molar-refractivity contribution in [1.29, 1.82) is 0 Å². The van der Waals surface area contributed by atoms with E-state index < -0.39 is 16.8 Å². The van der Waals surface area contributed by atoms with Crippen LogP contribution in [0.5, 0.6) is 0 Å². The summed E-state index contributed by atoms with van der Waals surface area (Å²) in [6.07, 6.45) is 0. The number of carbonyl (C=O) groups is 2. The average Bonchev–Trinajstić information content (AvgIpc) is 2.36. The number of non-ortho nitro benzene ring substituents is 1. The Morgan fingerprint density at radius 2 is 2.11 bits per heavy atom. The third-order valence-corrected chi connectivity index (χ3v) is 2.36. The van der Waals surface area contributed by atoms with Gasteiger partial charge in [-0.3, -0.25) is 19.7 Å². The summed E-state index contributed by atoms with van der Waals surface area (Å²) in [5.41, 5.74) is 0.671. The van der Waals surface area contributed by atoms with E-state index in [0.29, 0.717) is 5.56 Å². The number of nitrogens with one attached hydrogen (secondary N) is 1. The summed E-state index contributed by atoms with van der Waals surface area (Å²) in [6, 6.07) is 3.90. The minimum Gasteiger partial charge on any atom is -0.465 e. The molecule has 0 aromatic heterocycles. The molecular formula is C12H14N2O5. The second kappa shape index (κ2) is 6.48. The van der Waals surface area contributed by atoms with Crippen LogP contribution in [0.4, 0.5) is 5.69 Å². The molecule has 7 heteroatoms. The summed E-state index contributed by atoms with van der Waals surface area (Å²) in [4.78, 5) is 32.9. The van der Waals surface area contributed by atoms with Gasteiger partial charge in [-0.1, -0.05) is 0 Å². The van der Waals surface area contributed by atoms with Gasteiger partial charge < -0.3 is 10.1 Å². The number of hydrogen-bond donors (Lipinski definition) is 1. The third-order valence-electron chi connectivity index (χ3n) is 2.36. The topological polar surface area (TPSA) is 98.5 Å². The quantitative estimate of drug-likeness (QED) is 0.490. The number of ether oxygens (including phenoxy) is 1. The fourth-order valence-electron chi connectivity index (χ4n) is 1.48. The molecule has 19 heavy (non-hydrogen) atoms. The molecule has 0 saturated heterocycles. The molecule has 7 nitrogen and oxygen atoms in total. The van der Waals surface area contributed by atoms with E-state index in [9.17, 15) is 19.7 Å². The summed E-state index contributed by atoms with van der Waals surface area (Å²) >= 11 is 0. The van der Waals surface area contributed by atoms with E-state index >= 15 is 0 Å². The van der Waals surface area contributed by atoms with Crippen LogP contribution in [0, 0.1) is 17.0 Å². The fourth-order valence-corrected chi connectivity index (χ4v) is 1.48. The Hall–Kier alpha value is -2.44. The zero-order valence-electron chi connectivity index (χ0n) is 10.6. The standard InChI is InChI=1S/C12H14N2O5/c1-3-19-11(15)7-13-12(16)10-5-4-9(14(17)18)6-8(10)2/h4-6H,3,7H2,1-2H3,(H,13,16). The maximum Gasteiger partial charge on any atom is 0.325 e. The van der Waals surface area contributed by atoms with Crippen molar-refractivity contribution in [3.05, 3.63) is 39.4 Å².